The molecule has 1 fully saturated rings. The fourth-order valence-electron chi connectivity index (χ4n) is 1.90. The highest BCUT2D eigenvalue weighted by molar-refractivity contribution is 9.10. The second-order valence-corrected chi connectivity index (χ2v) is 4.70. The van der Waals surface area contributed by atoms with Gasteiger partial charge < -0.3 is 19.5 Å². The minimum Gasteiger partial charge on any atom is -0.493 e. The molecule has 0 bridgehead atoms. The Morgan fingerprint density at radius 1 is 1.33 bits per heavy atom. The van der Waals surface area contributed by atoms with Crippen molar-refractivity contribution in [1.82, 2.24) is 5.32 Å². The molecule has 1 aliphatic rings. The van der Waals surface area contributed by atoms with E-state index in [-0.39, 0.29) is 6.04 Å². The molecular weight excluding hydrogens is 302 g/mol. The first kappa shape index (κ1) is 13.0. The van der Waals surface area contributed by atoms with Crippen molar-refractivity contribution >= 4 is 22.0 Å². The van der Waals surface area contributed by atoms with Crippen molar-refractivity contribution in [2.75, 3.05) is 20.8 Å². The van der Waals surface area contributed by atoms with Crippen LogP contribution in [0.25, 0.3) is 0 Å². The lowest BCUT2D eigenvalue weighted by Gasteiger charge is -2.25. The van der Waals surface area contributed by atoms with Gasteiger partial charge in [-0.05, 0) is 17.7 Å². The number of ether oxygens (including phenoxy) is 3. The van der Waals surface area contributed by atoms with E-state index >= 15 is 0 Å². The smallest absolute Gasteiger partial charge is 0.407 e. The lowest BCUT2D eigenvalue weighted by atomic mass is 10.0. The molecule has 1 heterocycles. The van der Waals surface area contributed by atoms with Gasteiger partial charge in [0.05, 0.1) is 26.9 Å². The van der Waals surface area contributed by atoms with Gasteiger partial charge in [0, 0.05) is 10.9 Å². The summed E-state index contributed by atoms with van der Waals surface area (Å²) in [5, 5.41) is 2.77. The van der Waals surface area contributed by atoms with Crippen LogP contribution in [0.1, 0.15) is 18.0 Å². The monoisotopic (exact) mass is 315 g/mol. The van der Waals surface area contributed by atoms with Crippen molar-refractivity contribution in [2.45, 2.75) is 12.5 Å². The Morgan fingerprint density at radius 2 is 2.00 bits per heavy atom. The van der Waals surface area contributed by atoms with Crippen molar-refractivity contribution in [2.24, 2.45) is 0 Å². The zero-order valence-electron chi connectivity index (χ0n) is 10.2. The number of amides is 1. The topological polar surface area (TPSA) is 56.8 Å². The Bertz CT molecular complexity index is 464. The molecule has 0 unspecified atom stereocenters. The lowest BCUT2D eigenvalue weighted by Crippen LogP contribution is -2.35. The maximum atomic E-state index is 11.2. The second kappa shape index (κ2) is 5.48. The Kier molecular flexibility index (Phi) is 3.96. The fourth-order valence-corrected chi connectivity index (χ4v) is 2.49. The minimum absolute atomic E-state index is 0.0829. The third-order valence-corrected chi connectivity index (χ3v) is 3.50. The molecule has 0 aliphatic carbocycles. The maximum Gasteiger partial charge on any atom is 0.407 e. The van der Waals surface area contributed by atoms with Gasteiger partial charge in [-0.2, -0.15) is 0 Å². The number of halogens is 1. The van der Waals surface area contributed by atoms with E-state index in [4.69, 9.17) is 14.2 Å². The maximum absolute atomic E-state index is 11.2. The molecular formula is C12H14BrNO4. The number of carbonyl (C=O) groups excluding carboxylic acids is 1. The highest BCUT2D eigenvalue weighted by Crippen LogP contribution is 2.37. The van der Waals surface area contributed by atoms with Gasteiger partial charge >= 0.3 is 6.09 Å². The van der Waals surface area contributed by atoms with Crippen LogP contribution in [-0.4, -0.2) is 26.9 Å². The van der Waals surface area contributed by atoms with Crippen LogP contribution >= 0.6 is 15.9 Å². The number of hydrogen-bond acceptors (Lipinski definition) is 4. The summed E-state index contributed by atoms with van der Waals surface area (Å²) in [7, 11) is 3.16. The quantitative estimate of drug-likeness (QED) is 0.931. The highest BCUT2D eigenvalue weighted by atomic mass is 79.9. The molecule has 1 aromatic rings. The third kappa shape index (κ3) is 2.53. The standard InChI is InChI=1S/C12H14BrNO4/c1-16-10-5-7(8(13)6-11(10)17-2)9-3-4-18-12(15)14-9/h5-6,9H,3-4H2,1-2H3,(H,14,15)/t9-/m1/s1. The molecule has 5 nitrogen and oxygen atoms in total. The van der Waals surface area contributed by atoms with Gasteiger partial charge in [0.15, 0.2) is 11.5 Å². The first-order valence-electron chi connectivity index (χ1n) is 5.50. The van der Waals surface area contributed by atoms with Gasteiger partial charge in [0.25, 0.3) is 0 Å². The van der Waals surface area contributed by atoms with Crippen LogP contribution in [0.3, 0.4) is 0 Å². The molecule has 6 heteroatoms. The van der Waals surface area contributed by atoms with E-state index in [0.29, 0.717) is 18.1 Å². The summed E-state index contributed by atoms with van der Waals surface area (Å²) in [5.41, 5.74) is 0.948. The summed E-state index contributed by atoms with van der Waals surface area (Å²) < 4.78 is 16.2. The van der Waals surface area contributed by atoms with Crippen molar-refractivity contribution in [3.8, 4) is 11.5 Å². The zero-order valence-corrected chi connectivity index (χ0v) is 11.7. The Hall–Kier alpha value is -1.43. The van der Waals surface area contributed by atoms with Crippen molar-refractivity contribution in [3.05, 3.63) is 22.2 Å². The molecule has 0 saturated carbocycles. The van der Waals surface area contributed by atoms with Gasteiger partial charge in [-0.15, -0.1) is 0 Å². The number of carbonyl (C=O) groups is 1. The van der Waals surface area contributed by atoms with E-state index in [1.165, 1.54) is 0 Å². The van der Waals surface area contributed by atoms with Crippen molar-refractivity contribution in [1.29, 1.82) is 0 Å². The zero-order chi connectivity index (χ0) is 13.1. The number of rotatable bonds is 3. The summed E-state index contributed by atoms with van der Waals surface area (Å²) >= 11 is 3.48. The summed E-state index contributed by atoms with van der Waals surface area (Å²) in [6.07, 6.45) is 0.327. The van der Waals surface area contributed by atoms with Gasteiger partial charge in [0.2, 0.25) is 0 Å². The molecule has 1 aliphatic heterocycles. The van der Waals surface area contributed by atoms with Gasteiger partial charge in [-0.25, -0.2) is 4.79 Å². The summed E-state index contributed by atoms with van der Waals surface area (Å²) in [6, 6.07) is 3.61. The van der Waals surface area contributed by atoms with E-state index in [0.717, 1.165) is 16.5 Å². The van der Waals surface area contributed by atoms with Crippen LogP contribution < -0.4 is 14.8 Å². The molecule has 98 valence electrons. The first-order chi connectivity index (χ1) is 8.65. The molecule has 0 radical (unpaired) electrons. The fraction of sp³-hybridized carbons (Fsp3) is 0.417. The summed E-state index contributed by atoms with van der Waals surface area (Å²) in [4.78, 5) is 11.2. The third-order valence-electron chi connectivity index (χ3n) is 2.81. The molecule has 1 N–H and O–H groups in total. The van der Waals surface area contributed by atoms with Crippen molar-refractivity contribution in [3.63, 3.8) is 0 Å². The van der Waals surface area contributed by atoms with Crippen LogP contribution in [0.4, 0.5) is 4.79 Å². The average molecular weight is 316 g/mol. The number of hydrogen-bond donors (Lipinski definition) is 1. The molecule has 1 saturated heterocycles. The lowest BCUT2D eigenvalue weighted by molar-refractivity contribution is 0.115. The summed E-state index contributed by atoms with van der Waals surface area (Å²) in [5.74, 6) is 1.28. The normalized spacial score (nSPS) is 18.8. The Labute approximate surface area is 114 Å². The SMILES string of the molecule is COc1cc(Br)c([C@H]2CCOC(=O)N2)cc1OC. The molecule has 2 rings (SSSR count). The van der Waals surface area contributed by atoms with E-state index < -0.39 is 6.09 Å². The number of nitrogens with one attached hydrogen (secondary N) is 1. The predicted octanol–water partition coefficient (Wildman–Crippen LogP) is 2.64. The Balaban J connectivity index is 2.34. The van der Waals surface area contributed by atoms with E-state index in [1.54, 1.807) is 14.2 Å². The van der Waals surface area contributed by atoms with Gasteiger partial charge in [-0.1, -0.05) is 15.9 Å². The second-order valence-electron chi connectivity index (χ2n) is 3.85. The largest absolute Gasteiger partial charge is 0.493 e. The van der Waals surface area contributed by atoms with Crippen LogP contribution in [0.2, 0.25) is 0 Å². The number of benzene rings is 1. The van der Waals surface area contributed by atoms with E-state index in [9.17, 15) is 4.79 Å². The first-order valence-corrected chi connectivity index (χ1v) is 6.29. The van der Waals surface area contributed by atoms with E-state index in [1.807, 2.05) is 12.1 Å². The number of methoxy groups -OCH3 is 2. The number of alkyl carbamates (subject to hydrolysis) is 1. The molecule has 18 heavy (non-hydrogen) atoms. The molecule has 1 aromatic carbocycles. The molecule has 0 spiro atoms. The van der Waals surface area contributed by atoms with Crippen LogP contribution in [-0.2, 0) is 4.74 Å². The predicted molar refractivity (Wildman–Crippen MR) is 69.1 cm³/mol. The molecule has 0 aromatic heterocycles. The summed E-state index contributed by atoms with van der Waals surface area (Å²) in [6.45, 7) is 0.414. The van der Waals surface area contributed by atoms with Crippen LogP contribution in [0.5, 0.6) is 11.5 Å². The van der Waals surface area contributed by atoms with Gasteiger partial charge in [-0.3, -0.25) is 0 Å². The molecule has 1 amide bonds. The van der Waals surface area contributed by atoms with Gasteiger partial charge in [0.1, 0.15) is 0 Å². The van der Waals surface area contributed by atoms with E-state index in [2.05, 4.69) is 21.2 Å². The Morgan fingerprint density at radius 3 is 2.61 bits per heavy atom. The minimum atomic E-state index is -0.395. The highest BCUT2D eigenvalue weighted by Gasteiger charge is 2.24. The average Bonchev–Trinajstić information content (AvgIpc) is 2.38. The van der Waals surface area contributed by atoms with Crippen molar-refractivity contribution < 1.29 is 19.0 Å². The molecule has 1 atom stereocenters. The van der Waals surface area contributed by atoms with Crippen LogP contribution in [0, 0.1) is 0 Å². The van der Waals surface area contributed by atoms with Crippen LogP contribution in [0.15, 0.2) is 16.6 Å². The number of cyclic esters (lactones) is 1.